The first-order chi connectivity index (χ1) is 12.5. The molecule has 7 nitrogen and oxygen atoms in total. The third-order valence-electron chi connectivity index (χ3n) is 5.01. The van der Waals surface area contributed by atoms with Gasteiger partial charge in [0.25, 0.3) is 11.5 Å². The highest BCUT2D eigenvalue weighted by atomic mass is 32.1. The molecule has 0 aliphatic carbocycles. The lowest BCUT2D eigenvalue weighted by atomic mass is 10.1. The number of nitrogens with one attached hydrogen (secondary N) is 2. The van der Waals surface area contributed by atoms with Gasteiger partial charge in [-0.2, -0.15) is 0 Å². The minimum atomic E-state index is -0.100. The third kappa shape index (κ3) is 3.14. The maximum Gasteiger partial charge on any atom is 0.264 e. The number of fused-ring (bicyclic) bond motifs is 1. The number of carbonyl (C=O) groups excluding carboxylic acids is 1. The van der Waals surface area contributed by atoms with Crippen LogP contribution in [0.3, 0.4) is 0 Å². The lowest BCUT2D eigenvalue weighted by Gasteiger charge is -2.28. The fraction of sp³-hybridized carbons (Fsp3) is 0.500. The fourth-order valence-electron chi connectivity index (χ4n) is 3.55. The molecule has 1 saturated heterocycles. The van der Waals surface area contributed by atoms with Gasteiger partial charge < -0.3 is 15.1 Å². The Morgan fingerprint density at radius 3 is 2.96 bits per heavy atom. The van der Waals surface area contributed by atoms with Crippen LogP contribution >= 0.6 is 11.3 Å². The average Bonchev–Trinajstić information content (AvgIpc) is 3.31. The first kappa shape index (κ1) is 17.2. The van der Waals surface area contributed by atoms with Gasteiger partial charge in [0.2, 0.25) is 5.95 Å². The van der Waals surface area contributed by atoms with Gasteiger partial charge in [0.1, 0.15) is 0 Å². The Labute approximate surface area is 156 Å². The molecule has 1 atom stereocenters. The van der Waals surface area contributed by atoms with E-state index in [4.69, 9.17) is 0 Å². The predicted molar refractivity (Wildman–Crippen MR) is 102 cm³/mol. The molecule has 2 N–H and O–H groups in total. The standard InChI is InChI=1S/C18H23N5O2S/c1-22(2)18-20-13-10-23(9-7-11(13)16(24)21-18)17(25)15-6-5-14(26-15)12-4-3-8-19-12/h5-6,12,19H,3-4,7-10H2,1-2H3,(H,20,21,24)/t12-/m1/s1. The number of anilines is 1. The molecule has 26 heavy (non-hydrogen) atoms. The Bertz CT molecular complexity index is 882. The van der Waals surface area contributed by atoms with Crippen molar-refractivity contribution in [1.29, 1.82) is 0 Å². The van der Waals surface area contributed by atoms with Gasteiger partial charge in [0.15, 0.2) is 0 Å². The molecule has 2 aliphatic rings. The summed E-state index contributed by atoms with van der Waals surface area (Å²) in [6.45, 7) is 1.98. The summed E-state index contributed by atoms with van der Waals surface area (Å²) in [6, 6.07) is 4.37. The summed E-state index contributed by atoms with van der Waals surface area (Å²) in [4.78, 5) is 38.1. The second-order valence-corrected chi connectivity index (χ2v) is 8.15. The van der Waals surface area contributed by atoms with Crippen LogP contribution < -0.4 is 15.8 Å². The van der Waals surface area contributed by atoms with Crippen molar-refractivity contribution in [3.8, 4) is 0 Å². The van der Waals surface area contributed by atoms with Crippen LogP contribution in [0, 0.1) is 0 Å². The predicted octanol–water partition coefficient (Wildman–Crippen LogP) is 1.52. The average molecular weight is 373 g/mol. The van der Waals surface area contributed by atoms with Crippen LogP contribution in [0.4, 0.5) is 5.95 Å². The zero-order valence-corrected chi connectivity index (χ0v) is 15.9. The van der Waals surface area contributed by atoms with E-state index in [0.717, 1.165) is 17.8 Å². The SMILES string of the molecule is CN(C)c1nc2c(c(=O)[nH]1)CCN(C(=O)c1ccc([C@H]3CCCN3)s1)C2. The van der Waals surface area contributed by atoms with Crippen molar-refractivity contribution in [1.82, 2.24) is 20.2 Å². The number of aromatic nitrogens is 2. The summed E-state index contributed by atoms with van der Waals surface area (Å²) >= 11 is 1.57. The first-order valence-electron chi connectivity index (χ1n) is 8.94. The van der Waals surface area contributed by atoms with Gasteiger partial charge in [0.05, 0.1) is 17.1 Å². The molecule has 0 saturated carbocycles. The van der Waals surface area contributed by atoms with E-state index >= 15 is 0 Å². The first-order valence-corrected chi connectivity index (χ1v) is 9.76. The normalized spacial score (nSPS) is 19.5. The van der Waals surface area contributed by atoms with Crippen LogP contribution in [0.15, 0.2) is 16.9 Å². The monoisotopic (exact) mass is 373 g/mol. The molecule has 0 bridgehead atoms. The van der Waals surface area contributed by atoms with E-state index in [1.165, 1.54) is 11.3 Å². The van der Waals surface area contributed by atoms with E-state index in [9.17, 15) is 9.59 Å². The van der Waals surface area contributed by atoms with Crippen LogP contribution in [0.1, 0.15) is 44.7 Å². The van der Waals surface area contributed by atoms with E-state index in [2.05, 4.69) is 21.4 Å². The Kier molecular flexibility index (Phi) is 4.54. The number of rotatable bonds is 3. The quantitative estimate of drug-likeness (QED) is 0.853. The van der Waals surface area contributed by atoms with Gasteiger partial charge in [-0.15, -0.1) is 11.3 Å². The lowest BCUT2D eigenvalue weighted by molar-refractivity contribution is 0.0736. The highest BCUT2D eigenvalue weighted by Gasteiger charge is 2.27. The second-order valence-electron chi connectivity index (χ2n) is 7.04. The van der Waals surface area contributed by atoms with Crippen molar-refractivity contribution in [3.63, 3.8) is 0 Å². The maximum atomic E-state index is 12.9. The smallest absolute Gasteiger partial charge is 0.264 e. The van der Waals surface area contributed by atoms with E-state index < -0.39 is 0 Å². The molecule has 0 unspecified atom stereocenters. The van der Waals surface area contributed by atoms with Crippen LogP contribution in [-0.4, -0.2) is 48.0 Å². The van der Waals surface area contributed by atoms with Gasteiger partial charge in [-0.1, -0.05) is 0 Å². The molecule has 138 valence electrons. The molecule has 0 spiro atoms. The molecule has 1 amide bonds. The van der Waals surface area contributed by atoms with Crippen molar-refractivity contribution >= 4 is 23.2 Å². The fourth-order valence-corrected chi connectivity index (χ4v) is 4.64. The highest BCUT2D eigenvalue weighted by molar-refractivity contribution is 7.14. The second kappa shape index (κ2) is 6.85. The van der Waals surface area contributed by atoms with E-state index in [-0.39, 0.29) is 11.5 Å². The van der Waals surface area contributed by atoms with Gasteiger partial charge >= 0.3 is 0 Å². The van der Waals surface area contributed by atoms with E-state index in [0.29, 0.717) is 42.8 Å². The molecule has 1 fully saturated rings. The number of thiophene rings is 1. The number of carbonyl (C=O) groups is 1. The molecule has 2 aromatic rings. The number of aromatic amines is 1. The van der Waals surface area contributed by atoms with Crippen LogP contribution in [0.5, 0.6) is 0 Å². The Morgan fingerprint density at radius 2 is 2.23 bits per heavy atom. The molecule has 4 rings (SSSR count). The van der Waals surface area contributed by atoms with Gasteiger partial charge in [-0.05, 0) is 37.9 Å². The van der Waals surface area contributed by atoms with Crippen LogP contribution in [-0.2, 0) is 13.0 Å². The van der Waals surface area contributed by atoms with E-state index in [1.807, 2.05) is 20.2 Å². The Balaban J connectivity index is 1.54. The molecular formula is C18H23N5O2S. The topological polar surface area (TPSA) is 81.3 Å². The highest BCUT2D eigenvalue weighted by Crippen LogP contribution is 2.30. The zero-order chi connectivity index (χ0) is 18.3. The van der Waals surface area contributed by atoms with Crippen molar-refractivity contribution < 1.29 is 4.79 Å². The molecule has 4 heterocycles. The number of nitrogens with zero attached hydrogens (tertiary/aromatic N) is 3. The molecule has 0 radical (unpaired) electrons. The molecule has 2 aromatic heterocycles. The van der Waals surface area contributed by atoms with Gasteiger partial charge in [-0.3, -0.25) is 14.6 Å². The summed E-state index contributed by atoms with van der Waals surface area (Å²) in [5.74, 6) is 0.548. The Hall–Kier alpha value is -2.19. The lowest BCUT2D eigenvalue weighted by Crippen LogP contribution is -2.39. The minimum Gasteiger partial charge on any atom is -0.348 e. The Morgan fingerprint density at radius 1 is 1.38 bits per heavy atom. The van der Waals surface area contributed by atoms with Crippen molar-refractivity contribution in [2.24, 2.45) is 0 Å². The number of amides is 1. The zero-order valence-electron chi connectivity index (χ0n) is 15.0. The molecule has 0 aromatic carbocycles. The molecule has 2 aliphatic heterocycles. The maximum absolute atomic E-state index is 12.9. The third-order valence-corrected chi connectivity index (χ3v) is 6.20. The number of hydrogen-bond donors (Lipinski definition) is 2. The summed E-state index contributed by atoms with van der Waals surface area (Å²) in [7, 11) is 3.67. The van der Waals surface area contributed by atoms with Gasteiger partial charge in [-0.25, -0.2) is 4.98 Å². The largest absolute Gasteiger partial charge is 0.348 e. The summed E-state index contributed by atoms with van der Waals surface area (Å²) in [6.07, 6.45) is 2.86. The number of H-pyrrole nitrogens is 1. The van der Waals surface area contributed by atoms with Crippen LogP contribution in [0.25, 0.3) is 0 Å². The molecular weight excluding hydrogens is 350 g/mol. The van der Waals surface area contributed by atoms with Gasteiger partial charge in [0, 0.05) is 37.1 Å². The van der Waals surface area contributed by atoms with Crippen molar-refractivity contribution in [2.45, 2.75) is 31.8 Å². The summed E-state index contributed by atoms with van der Waals surface area (Å²) in [5, 5.41) is 3.47. The molecule has 8 heteroatoms. The van der Waals surface area contributed by atoms with E-state index in [1.54, 1.807) is 21.1 Å². The van der Waals surface area contributed by atoms with Crippen molar-refractivity contribution in [2.75, 3.05) is 32.1 Å². The minimum absolute atomic E-state index is 0.0263. The number of hydrogen-bond acceptors (Lipinski definition) is 6. The van der Waals surface area contributed by atoms with Crippen molar-refractivity contribution in [3.05, 3.63) is 43.5 Å². The summed E-state index contributed by atoms with van der Waals surface area (Å²) in [5.41, 5.74) is 1.30. The van der Waals surface area contributed by atoms with Crippen LogP contribution in [0.2, 0.25) is 0 Å². The summed E-state index contributed by atoms with van der Waals surface area (Å²) < 4.78 is 0.